The molecule has 0 bridgehead atoms. The van der Waals surface area contributed by atoms with E-state index in [-0.39, 0.29) is 6.61 Å². The maximum absolute atomic E-state index is 10.5. The lowest BCUT2D eigenvalue weighted by Gasteiger charge is -2.10. The molecule has 18 heavy (non-hydrogen) atoms. The highest BCUT2D eigenvalue weighted by Gasteiger charge is 2.02. The molecule has 0 saturated carbocycles. The number of ether oxygens (including phenoxy) is 1. The van der Waals surface area contributed by atoms with Gasteiger partial charge in [0.15, 0.2) is 0 Å². The minimum absolute atomic E-state index is 0.0624. The van der Waals surface area contributed by atoms with E-state index in [1.165, 1.54) is 0 Å². The minimum Gasteiger partial charge on any atom is -0.370 e. The molecule has 1 heterocycles. The highest BCUT2D eigenvalue weighted by atomic mass is 16.5. The molecule has 0 radical (unpaired) electrons. The van der Waals surface area contributed by atoms with Crippen molar-refractivity contribution < 1.29 is 9.53 Å². The number of hydrogen-bond acceptors (Lipinski definition) is 6. The van der Waals surface area contributed by atoms with Gasteiger partial charge in [0.2, 0.25) is 11.9 Å². The van der Waals surface area contributed by atoms with E-state index >= 15 is 0 Å². The Morgan fingerprint density at radius 3 is 2.94 bits per heavy atom. The molecule has 0 spiro atoms. The van der Waals surface area contributed by atoms with Crippen molar-refractivity contribution in [1.29, 1.82) is 0 Å². The number of nitrogens with zero attached hydrogens (tertiary/aromatic N) is 2. The summed E-state index contributed by atoms with van der Waals surface area (Å²) in [4.78, 5) is 18.9. The molecular formula is C11H19N5O2. The number of primary amides is 1. The first-order chi connectivity index (χ1) is 8.63. The molecule has 7 nitrogen and oxygen atoms in total. The Labute approximate surface area is 106 Å². The topological polar surface area (TPSA) is 102 Å². The van der Waals surface area contributed by atoms with Crippen LogP contribution in [0.3, 0.4) is 0 Å². The number of rotatable bonds is 8. The van der Waals surface area contributed by atoms with Gasteiger partial charge in [-0.25, -0.2) is 4.98 Å². The van der Waals surface area contributed by atoms with Crippen LogP contribution in [0, 0.1) is 6.92 Å². The van der Waals surface area contributed by atoms with Crippen LogP contribution in [0.1, 0.15) is 12.5 Å². The molecule has 0 aliphatic heterocycles. The van der Waals surface area contributed by atoms with Crippen LogP contribution in [0.2, 0.25) is 0 Å². The Morgan fingerprint density at radius 2 is 2.28 bits per heavy atom. The third-order valence-electron chi connectivity index (χ3n) is 2.09. The molecule has 1 amide bonds. The third-order valence-corrected chi connectivity index (χ3v) is 2.09. The predicted molar refractivity (Wildman–Crippen MR) is 69.4 cm³/mol. The Kier molecular flexibility index (Phi) is 5.86. The Morgan fingerprint density at radius 1 is 1.50 bits per heavy atom. The molecule has 100 valence electrons. The van der Waals surface area contributed by atoms with Crippen LogP contribution < -0.4 is 16.4 Å². The lowest BCUT2D eigenvalue weighted by atomic mass is 10.3. The van der Waals surface area contributed by atoms with Crippen molar-refractivity contribution in [2.75, 3.05) is 36.9 Å². The highest BCUT2D eigenvalue weighted by molar-refractivity contribution is 5.74. The summed E-state index contributed by atoms with van der Waals surface area (Å²) in [5, 5.41) is 6.15. The van der Waals surface area contributed by atoms with Crippen molar-refractivity contribution in [3.05, 3.63) is 11.8 Å². The maximum atomic E-state index is 10.5. The van der Waals surface area contributed by atoms with E-state index in [9.17, 15) is 4.79 Å². The summed E-state index contributed by atoms with van der Waals surface area (Å²) < 4.78 is 5.04. The number of amides is 1. The summed E-state index contributed by atoms with van der Waals surface area (Å²) in [5.74, 6) is 0.870. The molecule has 0 atom stereocenters. The molecule has 0 aromatic carbocycles. The highest BCUT2D eigenvalue weighted by Crippen LogP contribution is 2.11. The second-order valence-electron chi connectivity index (χ2n) is 3.70. The van der Waals surface area contributed by atoms with E-state index < -0.39 is 5.91 Å². The number of hydrogen-bond donors (Lipinski definition) is 3. The number of carbonyl (C=O) groups is 1. The van der Waals surface area contributed by atoms with Crippen molar-refractivity contribution >= 4 is 17.7 Å². The quantitative estimate of drug-likeness (QED) is 0.569. The van der Waals surface area contributed by atoms with Crippen LogP contribution in [-0.2, 0) is 9.53 Å². The Balaban J connectivity index is 2.40. The van der Waals surface area contributed by atoms with Gasteiger partial charge >= 0.3 is 0 Å². The fourth-order valence-electron chi connectivity index (χ4n) is 1.28. The van der Waals surface area contributed by atoms with Gasteiger partial charge in [0, 0.05) is 24.8 Å². The summed E-state index contributed by atoms with van der Waals surface area (Å²) in [6, 6.07) is 0. The van der Waals surface area contributed by atoms with Gasteiger partial charge in [0.1, 0.15) is 12.4 Å². The van der Waals surface area contributed by atoms with Crippen LogP contribution in [0.5, 0.6) is 0 Å². The van der Waals surface area contributed by atoms with Crippen LogP contribution in [0.15, 0.2) is 6.20 Å². The van der Waals surface area contributed by atoms with Gasteiger partial charge in [-0.1, -0.05) is 0 Å². The Hall–Kier alpha value is -1.89. The largest absolute Gasteiger partial charge is 0.370 e. The van der Waals surface area contributed by atoms with E-state index in [4.69, 9.17) is 10.5 Å². The van der Waals surface area contributed by atoms with Gasteiger partial charge in [-0.3, -0.25) is 4.79 Å². The Bertz CT molecular complexity index is 397. The first-order valence-electron chi connectivity index (χ1n) is 5.81. The third kappa shape index (κ3) is 4.96. The maximum Gasteiger partial charge on any atom is 0.243 e. The summed E-state index contributed by atoms with van der Waals surface area (Å²) in [7, 11) is 0. The first kappa shape index (κ1) is 14.2. The van der Waals surface area contributed by atoms with Crippen molar-refractivity contribution in [3.63, 3.8) is 0 Å². The average molecular weight is 253 g/mol. The molecule has 7 heteroatoms. The molecule has 4 N–H and O–H groups in total. The van der Waals surface area contributed by atoms with E-state index in [0.717, 1.165) is 17.9 Å². The van der Waals surface area contributed by atoms with Crippen LogP contribution >= 0.6 is 0 Å². The van der Waals surface area contributed by atoms with Gasteiger partial charge in [-0.05, 0) is 13.8 Å². The van der Waals surface area contributed by atoms with Crippen LogP contribution in [-0.4, -0.2) is 42.2 Å². The number of aryl methyl sites for hydroxylation is 1. The van der Waals surface area contributed by atoms with Crippen molar-refractivity contribution in [3.8, 4) is 0 Å². The second-order valence-corrected chi connectivity index (χ2v) is 3.70. The molecule has 0 saturated heterocycles. The minimum atomic E-state index is -0.470. The van der Waals surface area contributed by atoms with Gasteiger partial charge in [0.25, 0.3) is 0 Å². The molecule has 0 fully saturated rings. The SMILES string of the molecule is CCNc1ncc(C)c(NCCOCC(N)=O)n1. The van der Waals surface area contributed by atoms with E-state index in [0.29, 0.717) is 19.1 Å². The van der Waals surface area contributed by atoms with Crippen molar-refractivity contribution in [1.82, 2.24) is 9.97 Å². The molecular weight excluding hydrogens is 234 g/mol. The monoisotopic (exact) mass is 253 g/mol. The molecule has 1 aromatic rings. The average Bonchev–Trinajstić information content (AvgIpc) is 2.32. The van der Waals surface area contributed by atoms with Crippen LogP contribution in [0.4, 0.5) is 11.8 Å². The standard InChI is InChI=1S/C11H19N5O2/c1-3-13-11-15-6-8(2)10(16-11)14-4-5-18-7-9(12)17/h6H,3-5,7H2,1-2H3,(H2,12,17)(H2,13,14,15,16). The van der Waals surface area contributed by atoms with E-state index in [2.05, 4.69) is 20.6 Å². The van der Waals surface area contributed by atoms with Gasteiger partial charge in [-0.2, -0.15) is 4.98 Å². The zero-order chi connectivity index (χ0) is 13.4. The number of carbonyl (C=O) groups excluding carboxylic acids is 1. The summed E-state index contributed by atoms with van der Waals surface area (Å²) in [6.45, 7) is 5.55. The molecule has 1 rings (SSSR count). The normalized spacial score (nSPS) is 10.1. The fraction of sp³-hybridized carbons (Fsp3) is 0.545. The molecule has 0 unspecified atom stereocenters. The van der Waals surface area contributed by atoms with Gasteiger partial charge in [-0.15, -0.1) is 0 Å². The first-order valence-corrected chi connectivity index (χ1v) is 5.81. The summed E-state index contributed by atoms with van der Waals surface area (Å²) in [5.41, 5.74) is 5.90. The second kappa shape index (κ2) is 7.44. The predicted octanol–water partition coefficient (Wildman–Crippen LogP) is 0.131. The number of nitrogens with two attached hydrogens (primary N) is 1. The van der Waals surface area contributed by atoms with Crippen molar-refractivity contribution in [2.24, 2.45) is 5.73 Å². The zero-order valence-electron chi connectivity index (χ0n) is 10.7. The zero-order valence-corrected chi connectivity index (χ0v) is 10.7. The lowest BCUT2D eigenvalue weighted by Crippen LogP contribution is -2.21. The van der Waals surface area contributed by atoms with Gasteiger partial charge < -0.3 is 21.1 Å². The fourth-order valence-corrected chi connectivity index (χ4v) is 1.28. The summed E-state index contributed by atoms with van der Waals surface area (Å²) in [6.07, 6.45) is 1.75. The smallest absolute Gasteiger partial charge is 0.243 e. The van der Waals surface area contributed by atoms with Crippen molar-refractivity contribution in [2.45, 2.75) is 13.8 Å². The van der Waals surface area contributed by atoms with E-state index in [1.807, 2.05) is 13.8 Å². The number of anilines is 2. The molecule has 0 aliphatic rings. The number of nitrogens with one attached hydrogen (secondary N) is 2. The molecule has 0 aliphatic carbocycles. The number of aromatic nitrogens is 2. The van der Waals surface area contributed by atoms with Gasteiger partial charge in [0.05, 0.1) is 6.61 Å². The van der Waals surface area contributed by atoms with Crippen LogP contribution in [0.25, 0.3) is 0 Å². The summed E-state index contributed by atoms with van der Waals surface area (Å²) >= 11 is 0. The molecule has 1 aromatic heterocycles. The van der Waals surface area contributed by atoms with E-state index in [1.54, 1.807) is 6.20 Å². The lowest BCUT2D eigenvalue weighted by molar-refractivity contribution is -0.122.